The molecule has 0 aliphatic heterocycles. The lowest BCUT2D eigenvalue weighted by Crippen LogP contribution is -2.27. The summed E-state index contributed by atoms with van der Waals surface area (Å²) in [5, 5.41) is 7.92. The standard InChI is InChI=1S/C15H19N5O2S/c1-20(2)8-13(21)17-10-3-5-11(6-4-10)18-15(22)12-9-23-14(7-16)19-12/h3-6,9H,7-8,16H2,1-2H3,(H,17,21)(H,18,22). The van der Waals surface area contributed by atoms with Gasteiger partial charge < -0.3 is 21.3 Å². The summed E-state index contributed by atoms with van der Waals surface area (Å²) in [6, 6.07) is 6.91. The summed E-state index contributed by atoms with van der Waals surface area (Å²) in [6.07, 6.45) is 0. The molecule has 1 heterocycles. The second-order valence-electron chi connectivity index (χ2n) is 5.15. The van der Waals surface area contributed by atoms with Crippen LogP contribution in [-0.4, -0.2) is 42.3 Å². The third-order valence-corrected chi connectivity index (χ3v) is 3.72. The second-order valence-corrected chi connectivity index (χ2v) is 6.09. The van der Waals surface area contributed by atoms with E-state index in [9.17, 15) is 9.59 Å². The molecule has 2 rings (SSSR count). The van der Waals surface area contributed by atoms with E-state index in [2.05, 4.69) is 15.6 Å². The average molecular weight is 333 g/mol. The molecule has 2 amide bonds. The lowest BCUT2D eigenvalue weighted by Gasteiger charge is -2.10. The van der Waals surface area contributed by atoms with Gasteiger partial charge in [0.15, 0.2) is 0 Å². The number of amides is 2. The van der Waals surface area contributed by atoms with Crippen LogP contribution in [0.4, 0.5) is 11.4 Å². The third kappa shape index (κ3) is 5.13. The molecule has 0 spiro atoms. The molecule has 0 fully saturated rings. The molecule has 23 heavy (non-hydrogen) atoms. The van der Waals surface area contributed by atoms with E-state index in [4.69, 9.17) is 5.73 Å². The van der Waals surface area contributed by atoms with Gasteiger partial charge in [-0.2, -0.15) is 0 Å². The number of nitrogens with two attached hydrogens (primary N) is 1. The SMILES string of the molecule is CN(C)CC(=O)Nc1ccc(NC(=O)c2csc(CN)n2)cc1. The van der Waals surface area contributed by atoms with Gasteiger partial charge in [0.1, 0.15) is 10.7 Å². The maximum absolute atomic E-state index is 12.0. The van der Waals surface area contributed by atoms with Crippen molar-refractivity contribution in [2.24, 2.45) is 5.73 Å². The van der Waals surface area contributed by atoms with Gasteiger partial charge in [0.25, 0.3) is 5.91 Å². The molecule has 0 bridgehead atoms. The number of hydrogen-bond donors (Lipinski definition) is 3. The quantitative estimate of drug-likeness (QED) is 0.741. The molecular weight excluding hydrogens is 314 g/mol. The van der Waals surface area contributed by atoms with Gasteiger partial charge >= 0.3 is 0 Å². The fraction of sp³-hybridized carbons (Fsp3) is 0.267. The monoisotopic (exact) mass is 333 g/mol. The highest BCUT2D eigenvalue weighted by Crippen LogP contribution is 2.15. The molecule has 0 radical (unpaired) electrons. The first kappa shape index (κ1) is 17.1. The predicted octanol–water partition coefficient (Wildman–Crippen LogP) is 1.35. The number of benzene rings is 1. The number of aromatic nitrogens is 1. The number of nitrogens with one attached hydrogen (secondary N) is 2. The van der Waals surface area contributed by atoms with Gasteiger partial charge in [-0.25, -0.2) is 4.98 Å². The normalized spacial score (nSPS) is 10.6. The fourth-order valence-corrected chi connectivity index (χ4v) is 2.48. The first-order valence-corrected chi connectivity index (χ1v) is 7.86. The highest BCUT2D eigenvalue weighted by Gasteiger charge is 2.10. The van der Waals surface area contributed by atoms with Gasteiger partial charge in [-0.15, -0.1) is 11.3 Å². The van der Waals surface area contributed by atoms with Crippen LogP contribution in [0, 0.1) is 0 Å². The third-order valence-electron chi connectivity index (χ3n) is 2.85. The number of carbonyl (C=O) groups is 2. The van der Waals surface area contributed by atoms with E-state index in [-0.39, 0.29) is 11.8 Å². The van der Waals surface area contributed by atoms with E-state index >= 15 is 0 Å². The Morgan fingerprint density at radius 3 is 2.30 bits per heavy atom. The van der Waals surface area contributed by atoms with Crippen LogP contribution < -0.4 is 16.4 Å². The Balaban J connectivity index is 1.94. The molecule has 4 N–H and O–H groups in total. The van der Waals surface area contributed by atoms with Crippen molar-refractivity contribution < 1.29 is 9.59 Å². The van der Waals surface area contributed by atoms with E-state index in [0.29, 0.717) is 35.2 Å². The minimum absolute atomic E-state index is 0.0939. The van der Waals surface area contributed by atoms with Gasteiger partial charge in [0.2, 0.25) is 5.91 Å². The molecule has 0 aliphatic carbocycles. The van der Waals surface area contributed by atoms with Crippen molar-refractivity contribution in [1.29, 1.82) is 0 Å². The lowest BCUT2D eigenvalue weighted by atomic mass is 10.2. The first-order valence-electron chi connectivity index (χ1n) is 6.98. The van der Waals surface area contributed by atoms with Crippen molar-refractivity contribution in [3.05, 3.63) is 40.3 Å². The highest BCUT2D eigenvalue weighted by atomic mass is 32.1. The number of hydrogen-bond acceptors (Lipinski definition) is 6. The number of rotatable bonds is 6. The maximum atomic E-state index is 12.0. The lowest BCUT2D eigenvalue weighted by molar-refractivity contribution is -0.116. The summed E-state index contributed by atoms with van der Waals surface area (Å²) in [4.78, 5) is 29.6. The van der Waals surface area contributed by atoms with Crippen LogP contribution in [0.2, 0.25) is 0 Å². The van der Waals surface area contributed by atoms with Gasteiger partial charge in [-0.3, -0.25) is 9.59 Å². The van der Waals surface area contributed by atoms with Gasteiger partial charge in [-0.1, -0.05) is 0 Å². The second kappa shape index (κ2) is 7.82. The molecule has 1 aromatic heterocycles. The number of thiazole rings is 1. The predicted molar refractivity (Wildman–Crippen MR) is 91.6 cm³/mol. The number of anilines is 2. The largest absolute Gasteiger partial charge is 0.325 e. The summed E-state index contributed by atoms with van der Waals surface area (Å²) in [5.41, 5.74) is 7.13. The molecule has 0 unspecified atom stereocenters. The van der Waals surface area contributed by atoms with E-state index in [0.717, 1.165) is 0 Å². The van der Waals surface area contributed by atoms with Crippen molar-refractivity contribution in [3.8, 4) is 0 Å². The molecule has 2 aromatic rings. The Kier molecular flexibility index (Phi) is 5.80. The van der Waals surface area contributed by atoms with Crippen LogP contribution in [0.15, 0.2) is 29.6 Å². The van der Waals surface area contributed by atoms with Gasteiger partial charge in [0, 0.05) is 23.3 Å². The van der Waals surface area contributed by atoms with Gasteiger partial charge in [-0.05, 0) is 38.4 Å². The Morgan fingerprint density at radius 1 is 1.17 bits per heavy atom. The zero-order chi connectivity index (χ0) is 16.8. The Hall–Kier alpha value is -2.29. The average Bonchev–Trinajstić information content (AvgIpc) is 2.97. The number of likely N-dealkylation sites (N-methyl/N-ethyl adjacent to an activating group) is 1. The van der Waals surface area contributed by atoms with Crippen LogP contribution in [0.5, 0.6) is 0 Å². The fourth-order valence-electron chi connectivity index (χ4n) is 1.83. The minimum atomic E-state index is -0.287. The molecule has 122 valence electrons. The number of carbonyl (C=O) groups excluding carboxylic acids is 2. The summed E-state index contributed by atoms with van der Waals surface area (Å²) in [6.45, 7) is 0.630. The van der Waals surface area contributed by atoms with Gasteiger partial charge in [0.05, 0.1) is 6.54 Å². The molecule has 0 aliphatic rings. The van der Waals surface area contributed by atoms with Crippen LogP contribution in [-0.2, 0) is 11.3 Å². The van der Waals surface area contributed by atoms with Crippen molar-refractivity contribution in [2.75, 3.05) is 31.3 Å². The molecule has 0 atom stereocenters. The molecule has 0 saturated heterocycles. The molecular formula is C15H19N5O2S. The molecule has 1 aromatic carbocycles. The van der Waals surface area contributed by atoms with E-state index in [1.54, 1.807) is 34.5 Å². The molecule has 8 heteroatoms. The number of nitrogens with zero attached hydrogens (tertiary/aromatic N) is 2. The van der Waals surface area contributed by atoms with Crippen molar-refractivity contribution in [2.45, 2.75) is 6.54 Å². The summed E-state index contributed by atoms with van der Waals surface area (Å²) < 4.78 is 0. The minimum Gasteiger partial charge on any atom is -0.325 e. The Labute approximate surface area is 138 Å². The first-order chi connectivity index (χ1) is 11.0. The van der Waals surface area contributed by atoms with Crippen molar-refractivity contribution in [1.82, 2.24) is 9.88 Å². The smallest absolute Gasteiger partial charge is 0.275 e. The van der Waals surface area contributed by atoms with Crippen LogP contribution in [0.25, 0.3) is 0 Å². The maximum Gasteiger partial charge on any atom is 0.275 e. The van der Waals surface area contributed by atoms with E-state index in [1.165, 1.54) is 11.3 Å². The van der Waals surface area contributed by atoms with Crippen LogP contribution in [0.1, 0.15) is 15.5 Å². The van der Waals surface area contributed by atoms with Crippen molar-refractivity contribution >= 4 is 34.5 Å². The zero-order valence-corrected chi connectivity index (χ0v) is 13.8. The van der Waals surface area contributed by atoms with E-state index < -0.39 is 0 Å². The summed E-state index contributed by atoms with van der Waals surface area (Å²) >= 11 is 1.35. The topological polar surface area (TPSA) is 100 Å². The summed E-state index contributed by atoms with van der Waals surface area (Å²) in [7, 11) is 3.65. The molecule has 0 saturated carbocycles. The Bertz CT molecular complexity index is 681. The van der Waals surface area contributed by atoms with E-state index in [1.807, 2.05) is 14.1 Å². The Morgan fingerprint density at radius 2 is 1.78 bits per heavy atom. The summed E-state index contributed by atoms with van der Waals surface area (Å²) in [5.74, 6) is -0.381. The zero-order valence-electron chi connectivity index (χ0n) is 13.0. The highest BCUT2D eigenvalue weighted by molar-refractivity contribution is 7.09. The molecule has 7 nitrogen and oxygen atoms in total. The van der Waals surface area contributed by atoms with Crippen LogP contribution >= 0.6 is 11.3 Å². The van der Waals surface area contributed by atoms with Crippen LogP contribution in [0.3, 0.4) is 0 Å². The van der Waals surface area contributed by atoms with Crippen molar-refractivity contribution in [3.63, 3.8) is 0 Å².